The molecule has 1 heterocycles. The van der Waals surface area contributed by atoms with Gasteiger partial charge in [0.1, 0.15) is 0 Å². The fraction of sp³-hybridized carbons (Fsp3) is 0.129. The number of hydrogen-bond donors (Lipinski definition) is 2. The van der Waals surface area contributed by atoms with E-state index in [0.717, 1.165) is 55.6 Å². The van der Waals surface area contributed by atoms with Crippen molar-refractivity contribution in [3.05, 3.63) is 120 Å². The molecule has 0 saturated heterocycles. The minimum absolute atomic E-state index is 0.623. The molecule has 3 N–H and O–H groups in total. The fourth-order valence-electron chi connectivity index (χ4n) is 4.50. The number of rotatable bonds is 8. The van der Waals surface area contributed by atoms with Gasteiger partial charge in [0.2, 0.25) is 0 Å². The number of imidazole rings is 1. The number of benzene rings is 4. The summed E-state index contributed by atoms with van der Waals surface area (Å²) in [5.74, 6) is 0. The highest BCUT2D eigenvalue weighted by Gasteiger charge is 2.12. The molecule has 0 saturated carbocycles. The lowest BCUT2D eigenvalue weighted by Gasteiger charge is -2.19. The van der Waals surface area contributed by atoms with Crippen LogP contribution in [0.4, 0.5) is 17.1 Å². The Balaban J connectivity index is 1.32. The molecule has 186 valence electrons. The quantitative estimate of drug-likeness (QED) is 0.218. The van der Waals surface area contributed by atoms with Crippen molar-refractivity contribution in [3.8, 4) is 22.3 Å². The van der Waals surface area contributed by atoms with E-state index in [9.17, 15) is 0 Å². The van der Waals surface area contributed by atoms with E-state index in [1.165, 1.54) is 0 Å². The number of anilines is 3. The summed E-state index contributed by atoms with van der Waals surface area (Å²) in [5.41, 5.74) is 15.8. The van der Waals surface area contributed by atoms with Crippen molar-refractivity contribution in [2.75, 3.05) is 30.0 Å². The summed E-state index contributed by atoms with van der Waals surface area (Å²) in [5, 5.41) is 4.26. The van der Waals surface area contributed by atoms with Gasteiger partial charge in [-0.05, 0) is 47.0 Å². The number of halogens is 1. The Hall–Kier alpha value is -4.22. The normalized spacial score (nSPS) is 10.9. The van der Waals surface area contributed by atoms with Crippen molar-refractivity contribution in [2.24, 2.45) is 0 Å². The Bertz CT molecular complexity index is 1510. The lowest BCUT2D eigenvalue weighted by atomic mass is 10.0. The molecule has 0 fully saturated rings. The molecule has 1 aromatic heterocycles. The SMILES string of the molecule is CN(C)c1ccccc1-c1cc(NCc2cncn2Cc2ccc(-c3ccccc3)cc2N)ccc1Cl. The molecule has 5 aromatic rings. The Morgan fingerprint density at radius 2 is 1.65 bits per heavy atom. The van der Waals surface area contributed by atoms with Gasteiger partial charge in [0.25, 0.3) is 0 Å². The van der Waals surface area contributed by atoms with Crippen LogP contribution in [-0.4, -0.2) is 23.6 Å². The average molecular weight is 508 g/mol. The van der Waals surface area contributed by atoms with Gasteiger partial charge < -0.3 is 20.5 Å². The standard InChI is InChI=1S/C31H30ClN5/c1-36(2)31-11-7-6-10-27(31)28-17-25(14-15-29(28)32)35-19-26-18-34-21-37(26)20-24-13-12-23(16-30(24)33)22-8-4-3-5-9-22/h3-18,21,35H,19-20,33H2,1-2H3. The van der Waals surface area contributed by atoms with Gasteiger partial charge >= 0.3 is 0 Å². The molecule has 0 unspecified atom stereocenters. The van der Waals surface area contributed by atoms with Crippen LogP contribution in [-0.2, 0) is 13.1 Å². The first-order valence-electron chi connectivity index (χ1n) is 12.2. The number of aromatic nitrogens is 2. The molecule has 0 spiro atoms. The molecule has 0 amide bonds. The maximum atomic E-state index is 6.62. The zero-order valence-electron chi connectivity index (χ0n) is 21.0. The van der Waals surface area contributed by atoms with Gasteiger partial charge in [-0.3, -0.25) is 0 Å². The van der Waals surface area contributed by atoms with Gasteiger partial charge in [0, 0.05) is 53.5 Å². The predicted molar refractivity (Wildman–Crippen MR) is 156 cm³/mol. The highest BCUT2D eigenvalue weighted by molar-refractivity contribution is 6.33. The van der Waals surface area contributed by atoms with Gasteiger partial charge in [-0.15, -0.1) is 0 Å². The van der Waals surface area contributed by atoms with Gasteiger partial charge in [0.05, 0.1) is 25.1 Å². The molecule has 0 aliphatic heterocycles. The Morgan fingerprint density at radius 3 is 2.43 bits per heavy atom. The van der Waals surface area contributed by atoms with Crippen LogP contribution in [0, 0.1) is 0 Å². The summed E-state index contributed by atoms with van der Waals surface area (Å²) in [7, 11) is 4.08. The van der Waals surface area contributed by atoms with Crippen LogP contribution in [0.1, 0.15) is 11.3 Å². The largest absolute Gasteiger partial charge is 0.398 e. The molecule has 37 heavy (non-hydrogen) atoms. The minimum Gasteiger partial charge on any atom is -0.398 e. The summed E-state index contributed by atoms with van der Waals surface area (Å²) in [6, 6.07) is 30.9. The van der Waals surface area contributed by atoms with Crippen LogP contribution < -0.4 is 16.0 Å². The molecular weight excluding hydrogens is 478 g/mol. The van der Waals surface area contributed by atoms with Crippen LogP contribution in [0.15, 0.2) is 104 Å². The Kier molecular flexibility index (Phi) is 7.15. The monoisotopic (exact) mass is 507 g/mol. The van der Waals surface area contributed by atoms with Crippen molar-refractivity contribution in [2.45, 2.75) is 13.1 Å². The van der Waals surface area contributed by atoms with Crippen molar-refractivity contribution in [3.63, 3.8) is 0 Å². The maximum Gasteiger partial charge on any atom is 0.0951 e. The van der Waals surface area contributed by atoms with Crippen LogP contribution >= 0.6 is 11.6 Å². The second kappa shape index (κ2) is 10.8. The summed E-state index contributed by atoms with van der Waals surface area (Å²) < 4.78 is 2.12. The molecule has 6 heteroatoms. The molecule has 4 aromatic carbocycles. The molecule has 0 aliphatic rings. The second-order valence-electron chi connectivity index (χ2n) is 9.25. The number of para-hydroxylation sites is 1. The lowest BCUT2D eigenvalue weighted by molar-refractivity contribution is 0.751. The summed E-state index contributed by atoms with van der Waals surface area (Å²) >= 11 is 6.62. The second-order valence-corrected chi connectivity index (χ2v) is 9.66. The number of nitrogens with one attached hydrogen (secondary N) is 1. The van der Waals surface area contributed by atoms with Gasteiger partial charge in [-0.25, -0.2) is 4.98 Å². The number of nitrogens with two attached hydrogens (primary N) is 1. The summed E-state index contributed by atoms with van der Waals surface area (Å²) in [6.45, 7) is 1.28. The summed E-state index contributed by atoms with van der Waals surface area (Å²) in [4.78, 5) is 6.49. The Morgan fingerprint density at radius 1 is 0.865 bits per heavy atom. The molecule has 0 atom stereocenters. The smallest absolute Gasteiger partial charge is 0.0951 e. The maximum absolute atomic E-state index is 6.62. The molecule has 0 radical (unpaired) electrons. The zero-order chi connectivity index (χ0) is 25.8. The Labute approximate surface area is 223 Å². The first kappa shape index (κ1) is 24.5. The van der Waals surface area contributed by atoms with Crippen LogP contribution in [0.3, 0.4) is 0 Å². The zero-order valence-corrected chi connectivity index (χ0v) is 21.8. The van der Waals surface area contributed by atoms with E-state index in [1.54, 1.807) is 0 Å². The lowest BCUT2D eigenvalue weighted by Crippen LogP contribution is -2.10. The minimum atomic E-state index is 0.623. The van der Waals surface area contributed by atoms with E-state index in [4.69, 9.17) is 17.3 Å². The molecule has 0 bridgehead atoms. The van der Waals surface area contributed by atoms with E-state index < -0.39 is 0 Å². The number of hydrogen-bond acceptors (Lipinski definition) is 4. The average Bonchev–Trinajstić information content (AvgIpc) is 3.36. The third-order valence-electron chi connectivity index (χ3n) is 6.51. The molecule has 5 rings (SSSR count). The van der Waals surface area contributed by atoms with E-state index in [2.05, 4.69) is 62.2 Å². The first-order chi connectivity index (χ1) is 18.0. The highest BCUT2D eigenvalue weighted by atomic mass is 35.5. The predicted octanol–water partition coefficient (Wildman–Crippen LogP) is 7.18. The van der Waals surface area contributed by atoms with Crippen molar-refractivity contribution < 1.29 is 0 Å². The van der Waals surface area contributed by atoms with Crippen LogP contribution in [0.5, 0.6) is 0 Å². The molecule has 0 aliphatic carbocycles. The van der Waals surface area contributed by atoms with Crippen molar-refractivity contribution >= 4 is 28.7 Å². The van der Waals surface area contributed by atoms with E-state index in [0.29, 0.717) is 13.1 Å². The first-order valence-corrected chi connectivity index (χ1v) is 12.6. The molecule has 5 nitrogen and oxygen atoms in total. The highest BCUT2D eigenvalue weighted by Crippen LogP contribution is 2.36. The fourth-order valence-corrected chi connectivity index (χ4v) is 4.72. The van der Waals surface area contributed by atoms with Crippen LogP contribution in [0.2, 0.25) is 5.02 Å². The summed E-state index contributed by atoms with van der Waals surface area (Å²) in [6.07, 6.45) is 3.74. The van der Waals surface area contributed by atoms with Gasteiger partial charge in [0.15, 0.2) is 0 Å². The number of nitrogens with zero attached hydrogens (tertiary/aromatic N) is 3. The number of nitrogen functional groups attached to an aromatic ring is 1. The molecular formula is C31H30ClN5. The topological polar surface area (TPSA) is 59.1 Å². The van der Waals surface area contributed by atoms with E-state index in [1.807, 2.05) is 75.2 Å². The van der Waals surface area contributed by atoms with E-state index >= 15 is 0 Å². The van der Waals surface area contributed by atoms with Crippen molar-refractivity contribution in [1.29, 1.82) is 0 Å². The van der Waals surface area contributed by atoms with Crippen molar-refractivity contribution in [1.82, 2.24) is 9.55 Å². The third-order valence-corrected chi connectivity index (χ3v) is 6.84. The van der Waals surface area contributed by atoms with E-state index in [-0.39, 0.29) is 0 Å². The van der Waals surface area contributed by atoms with Gasteiger partial charge in [-0.1, -0.05) is 72.3 Å². The van der Waals surface area contributed by atoms with Crippen LogP contribution in [0.25, 0.3) is 22.3 Å². The van der Waals surface area contributed by atoms with Gasteiger partial charge in [-0.2, -0.15) is 0 Å². The third kappa shape index (κ3) is 5.47.